The molecule has 1 spiro atoms. The molecular weight excluding hydrogens is 713 g/mol. The number of allylic oxidation sites excluding steroid dienone is 4. The quantitative estimate of drug-likeness (QED) is 0.180. The summed E-state index contributed by atoms with van der Waals surface area (Å²) >= 11 is 1.90. The van der Waals surface area contributed by atoms with Crippen molar-refractivity contribution in [1.82, 2.24) is 19.5 Å². The summed E-state index contributed by atoms with van der Waals surface area (Å²) in [6.45, 7) is 0. The highest BCUT2D eigenvalue weighted by molar-refractivity contribution is 7.99. The molecule has 0 fully saturated rings. The molecule has 268 valence electrons. The maximum Gasteiger partial charge on any atom is 0.164 e. The van der Waals surface area contributed by atoms with Crippen molar-refractivity contribution in [2.24, 2.45) is 0 Å². The summed E-state index contributed by atoms with van der Waals surface area (Å²) < 4.78 is 2.57. The highest BCUT2D eigenvalue weighted by Gasteiger charge is 2.50. The minimum atomic E-state index is -0.445. The van der Waals surface area contributed by atoms with Gasteiger partial charge in [0.25, 0.3) is 0 Å². The number of aromatic nitrogens is 4. The number of benzene rings is 7. The van der Waals surface area contributed by atoms with E-state index >= 15 is 0 Å². The lowest BCUT2D eigenvalue weighted by atomic mass is 9.67. The number of nitrogens with zero attached hydrogens (tertiary/aromatic N) is 4. The second-order valence-corrected chi connectivity index (χ2v) is 16.2. The minimum Gasteiger partial charge on any atom is -0.333 e. The van der Waals surface area contributed by atoms with Crippen molar-refractivity contribution in [3.8, 4) is 33.9 Å². The van der Waals surface area contributed by atoms with E-state index in [1.807, 2.05) is 48.2 Å². The zero-order valence-corrected chi connectivity index (χ0v) is 31.7. The van der Waals surface area contributed by atoms with Gasteiger partial charge < -0.3 is 4.57 Å². The van der Waals surface area contributed by atoms with E-state index in [4.69, 9.17) is 15.0 Å². The van der Waals surface area contributed by atoms with Crippen LogP contribution in [-0.4, -0.2) is 19.5 Å². The summed E-state index contributed by atoms with van der Waals surface area (Å²) in [6.07, 6.45) is 7.45. The Bertz CT molecular complexity index is 3040. The third-order valence-electron chi connectivity index (χ3n) is 12.1. The molecule has 0 N–H and O–H groups in total. The predicted octanol–water partition coefficient (Wildman–Crippen LogP) is 12.7. The molecule has 57 heavy (non-hydrogen) atoms. The normalized spacial score (nSPS) is 15.9. The molecule has 3 heterocycles. The minimum absolute atomic E-state index is 0.0326. The van der Waals surface area contributed by atoms with E-state index in [1.54, 1.807) is 0 Å². The van der Waals surface area contributed by atoms with E-state index in [0.29, 0.717) is 17.5 Å². The lowest BCUT2D eigenvalue weighted by molar-refractivity contribution is 0.651. The molecule has 2 aliphatic carbocycles. The van der Waals surface area contributed by atoms with Crippen LogP contribution in [0.3, 0.4) is 0 Å². The van der Waals surface area contributed by atoms with E-state index < -0.39 is 5.41 Å². The summed E-state index contributed by atoms with van der Waals surface area (Å²) in [7, 11) is 0. The molecule has 1 unspecified atom stereocenters. The molecule has 4 nitrogen and oxygen atoms in total. The van der Waals surface area contributed by atoms with Crippen LogP contribution in [0.1, 0.15) is 40.5 Å². The molecule has 0 radical (unpaired) electrons. The Balaban J connectivity index is 1.06. The standard InChI is InChI=1S/C52H34N4S/c1-3-16-33(17-4-1)49-53-50(34-18-5-2-6-19-34)55-51(54-49)35-20-15-21-36(30-35)56-45-28-13-9-24-39(45)40-31-48-44(32-46(40)56)52(43-27-12-14-29-47(43)57-48)41-25-10-7-22-37(41)38-23-8-11-26-42(38)52/h1-29,31-32,36H,30H2. The van der Waals surface area contributed by atoms with Gasteiger partial charge in [-0.25, -0.2) is 15.0 Å². The maximum absolute atomic E-state index is 5.13. The molecule has 2 aromatic heterocycles. The van der Waals surface area contributed by atoms with Gasteiger partial charge in [-0.3, -0.25) is 0 Å². The molecule has 7 aromatic carbocycles. The molecule has 3 aliphatic rings. The first kappa shape index (κ1) is 32.4. The van der Waals surface area contributed by atoms with Gasteiger partial charge in [-0.15, -0.1) is 0 Å². The highest BCUT2D eigenvalue weighted by Crippen LogP contribution is 2.62. The Morgan fingerprint density at radius 2 is 1.07 bits per heavy atom. The van der Waals surface area contributed by atoms with E-state index in [1.165, 1.54) is 65.0 Å². The molecule has 1 atom stereocenters. The molecule has 0 saturated carbocycles. The molecule has 1 aliphatic heterocycles. The first-order valence-corrected chi connectivity index (χ1v) is 20.4. The fourth-order valence-electron chi connectivity index (χ4n) is 9.66. The summed E-state index contributed by atoms with van der Waals surface area (Å²) in [4.78, 5) is 17.8. The van der Waals surface area contributed by atoms with Gasteiger partial charge >= 0.3 is 0 Å². The van der Waals surface area contributed by atoms with Crippen molar-refractivity contribution in [3.63, 3.8) is 0 Å². The largest absolute Gasteiger partial charge is 0.333 e. The number of hydrogen-bond acceptors (Lipinski definition) is 4. The fourth-order valence-corrected chi connectivity index (χ4v) is 10.9. The summed E-state index contributed by atoms with van der Waals surface area (Å²) in [6, 6.07) is 61.5. The number of hydrogen-bond donors (Lipinski definition) is 0. The Kier molecular flexibility index (Phi) is 7.17. The number of rotatable bonds is 4. The van der Waals surface area contributed by atoms with E-state index in [9.17, 15) is 0 Å². The summed E-state index contributed by atoms with van der Waals surface area (Å²) in [5, 5.41) is 2.53. The Morgan fingerprint density at radius 1 is 0.491 bits per heavy atom. The van der Waals surface area contributed by atoms with Crippen molar-refractivity contribution >= 4 is 39.1 Å². The summed E-state index contributed by atoms with van der Waals surface area (Å²) in [5.41, 5.74) is 13.1. The lowest BCUT2D eigenvalue weighted by Gasteiger charge is -2.39. The number of para-hydroxylation sites is 1. The third kappa shape index (κ3) is 4.79. The van der Waals surface area contributed by atoms with Gasteiger partial charge in [-0.2, -0.15) is 0 Å². The smallest absolute Gasteiger partial charge is 0.164 e. The van der Waals surface area contributed by atoms with Crippen molar-refractivity contribution < 1.29 is 0 Å². The van der Waals surface area contributed by atoms with Gasteiger partial charge in [0.05, 0.1) is 17.0 Å². The van der Waals surface area contributed by atoms with Crippen LogP contribution in [0.25, 0.3) is 61.3 Å². The Labute approximate surface area is 334 Å². The topological polar surface area (TPSA) is 43.6 Å². The van der Waals surface area contributed by atoms with Crippen molar-refractivity contribution in [1.29, 1.82) is 0 Å². The van der Waals surface area contributed by atoms with E-state index in [2.05, 4.69) is 156 Å². The molecule has 12 rings (SSSR count). The zero-order valence-electron chi connectivity index (χ0n) is 30.9. The maximum atomic E-state index is 5.13. The monoisotopic (exact) mass is 746 g/mol. The van der Waals surface area contributed by atoms with Crippen LogP contribution in [-0.2, 0) is 5.41 Å². The van der Waals surface area contributed by atoms with Crippen LogP contribution in [0.5, 0.6) is 0 Å². The van der Waals surface area contributed by atoms with Crippen LogP contribution in [0.15, 0.2) is 198 Å². The molecule has 9 aromatic rings. The molecule has 0 saturated heterocycles. The van der Waals surface area contributed by atoms with Crippen LogP contribution in [0.2, 0.25) is 0 Å². The average Bonchev–Trinajstić information content (AvgIpc) is 3.76. The highest BCUT2D eigenvalue weighted by atomic mass is 32.2. The fraction of sp³-hybridized carbons (Fsp3) is 0.0577. The average molecular weight is 747 g/mol. The Hall–Kier alpha value is -6.82. The van der Waals surface area contributed by atoms with Crippen LogP contribution in [0.4, 0.5) is 0 Å². The van der Waals surface area contributed by atoms with Crippen LogP contribution in [0, 0.1) is 0 Å². The van der Waals surface area contributed by atoms with Crippen LogP contribution >= 0.6 is 11.8 Å². The van der Waals surface area contributed by atoms with Gasteiger partial charge in [-0.1, -0.05) is 176 Å². The van der Waals surface area contributed by atoms with E-state index in [-0.39, 0.29) is 6.04 Å². The van der Waals surface area contributed by atoms with Gasteiger partial charge in [0.15, 0.2) is 17.5 Å². The Morgan fingerprint density at radius 3 is 1.77 bits per heavy atom. The van der Waals surface area contributed by atoms with E-state index in [0.717, 1.165) is 23.1 Å². The van der Waals surface area contributed by atoms with Crippen molar-refractivity contribution in [2.45, 2.75) is 27.7 Å². The SMILES string of the molecule is C1=CC(n2c3ccccc3c3cc4c(cc32)C2(c3ccccc3S4)c3ccccc3-c3ccccc32)CC(c2nc(-c3ccccc3)nc(-c3ccccc3)n2)=C1. The number of fused-ring (bicyclic) bond motifs is 12. The lowest BCUT2D eigenvalue weighted by Crippen LogP contribution is -2.32. The third-order valence-corrected chi connectivity index (χ3v) is 13.2. The predicted molar refractivity (Wildman–Crippen MR) is 232 cm³/mol. The van der Waals surface area contributed by atoms with Crippen molar-refractivity contribution in [3.05, 3.63) is 216 Å². The van der Waals surface area contributed by atoms with Gasteiger partial charge in [0.1, 0.15) is 0 Å². The van der Waals surface area contributed by atoms with Gasteiger partial charge in [-0.05, 0) is 63.2 Å². The van der Waals surface area contributed by atoms with Crippen molar-refractivity contribution in [2.75, 3.05) is 0 Å². The second-order valence-electron chi connectivity index (χ2n) is 15.1. The first-order chi connectivity index (χ1) is 28.3. The molecular formula is C52H34N4S. The van der Waals surface area contributed by atoms with Gasteiger partial charge in [0.2, 0.25) is 0 Å². The molecule has 0 bridgehead atoms. The van der Waals surface area contributed by atoms with Crippen LogP contribution < -0.4 is 0 Å². The molecule has 0 amide bonds. The van der Waals surface area contributed by atoms with Gasteiger partial charge in [0, 0.05) is 43.6 Å². The second kappa shape index (κ2) is 12.6. The summed E-state index contributed by atoms with van der Waals surface area (Å²) in [5.74, 6) is 2.06. The first-order valence-electron chi connectivity index (χ1n) is 19.5. The molecule has 5 heteroatoms. The zero-order chi connectivity index (χ0) is 37.5.